The lowest BCUT2D eigenvalue weighted by Crippen LogP contribution is -2.46. The molecule has 0 aliphatic carbocycles. The van der Waals surface area contributed by atoms with Gasteiger partial charge in [0.15, 0.2) is 5.17 Å². The van der Waals surface area contributed by atoms with Crippen LogP contribution in [-0.4, -0.2) is 33.7 Å². The lowest BCUT2D eigenvalue weighted by atomic mass is 10.1. The molecule has 2 amide bonds. The highest BCUT2D eigenvalue weighted by Gasteiger charge is 2.35. The summed E-state index contributed by atoms with van der Waals surface area (Å²) in [5.74, 6) is -0.764. The minimum Gasteiger partial charge on any atom is -0.325 e. The number of amidine groups is 1. The molecule has 8 heteroatoms. The van der Waals surface area contributed by atoms with Gasteiger partial charge in [0.1, 0.15) is 11.1 Å². The zero-order valence-electron chi connectivity index (χ0n) is 17.6. The van der Waals surface area contributed by atoms with Crippen molar-refractivity contribution in [1.82, 2.24) is 4.90 Å². The number of thioether (sulfide) groups is 1. The maximum atomic E-state index is 13.3. The SMILES string of the molecule is O=C(Nc1ccc(I)cc1)[C@@H]1CC(=O)N(CCc2ccccc2)C(=Nc2ccc(F)cc2)S1. The molecular formula is C25H21FIN3O2S. The van der Waals surface area contributed by atoms with E-state index in [0.717, 1.165) is 9.13 Å². The van der Waals surface area contributed by atoms with Gasteiger partial charge in [0.2, 0.25) is 11.8 Å². The van der Waals surface area contributed by atoms with Gasteiger partial charge in [-0.15, -0.1) is 0 Å². The third-order valence-electron chi connectivity index (χ3n) is 5.06. The molecule has 0 saturated carbocycles. The summed E-state index contributed by atoms with van der Waals surface area (Å²) in [4.78, 5) is 32.2. The van der Waals surface area contributed by atoms with Crippen LogP contribution in [0.2, 0.25) is 0 Å². The standard InChI is InChI=1S/C25H21FIN3O2S/c26-18-6-10-21(11-7-18)29-25-30(15-14-17-4-2-1-3-5-17)23(31)16-22(33-25)24(32)28-20-12-8-19(27)9-13-20/h1-13,22H,14-16H2,(H,28,32)/t22-/m0/s1. The first-order valence-electron chi connectivity index (χ1n) is 10.4. The van der Waals surface area contributed by atoms with Gasteiger partial charge < -0.3 is 5.32 Å². The Balaban J connectivity index is 1.54. The summed E-state index contributed by atoms with van der Waals surface area (Å²) in [7, 11) is 0. The Kier molecular flexibility index (Phi) is 7.77. The van der Waals surface area contributed by atoms with E-state index < -0.39 is 5.25 Å². The molecule has 1 saturated heterocycles. The van der Waals surface area contributed by atoms with Crippen LogP contribution in [0, 0.1) is 9.39 Å². The van der Waals surface area contributed by atoms with Crippen molar-refractivity contribution < 1.29 is 14.0 Å². The Bertz CT molecular complexity index is 1150. The molecule has 1 atom stereocenters. The Morgan fingerprint density at radius 1 is 1.06 bits per heavy atom. The van der Waals surface area contributed by atoms with Gasteiger partial charge in [-0.3, -0.25) is 14.5 Å². The molecule has 3 aromatic carbocycles. The van der Waals surface area contributed by atoms with Crippen molar-refractivity contribution in [3.05, 3.63) is 93.8 Å². The summed E-state index contributed by atoms with van der Waals surface area (Å²) in [6, 6.07) is 23.1. The summed E-state index contributed by atoms with van der Waals surface area (Å²) in [6.07, 6.45) is 0.743. The topological polar surface area (TPSA) is 61.8 Å². The van der Waals surface area contributed by atoms with E-state index in [4.69, 9.17) is 0 Å². The molecule has 0 bridgehead atoms. The number of amides is 2. The van der Waals surface area contributed by atoms with E-state index in [1.165, 1.54) is 23.9 Å². The quantitative estimate of drug-likeness (QED) is 0.389. The van der Waals surface area contributed by atoms with E-state index in [1.54, 1.807) is 17.0 Å². The Hall–Kier alpha value is -2.72. The number of anilines is 1. The highest BCUT2D eigenvalue weighted by Crippen LogP contribution is 2.30. The number of hydrogen-bond acceptors (Lipinski definition) is 4. The largest absolute Gasteiger partial charge is 0.325 e. The molecule has 0 spiro atoms. The second-order valence-corrected chi connectivity index (χ2v) is 9.87. The molecule has 1 fully saturated rings. The molecule has 3 aromatic rings. The van der Waals surface area contributed by atoms with Crippen LogP contribution in [0.1, 0.15) is 12.0 Å². The second kappa shape index (κ2) is 10.9. The monoisotopic (exact) mass is 573 g/mol. The number of rotatable bonds is 6. The van der Waals surface area contributed by atoms with Gasteiger partial charge in [0, 0.05) is 22.2 Å². The van der Waals surface area contributed by atoms with Gasteiger partial charge >= 0.3 is 0 Å². The van der Waals surface area contributed by atoms with Crippen LogP contribution in [0.5, 0.6) is 0 Å². The number of nitrogens with zero attached hydrogens (tertiary/aromatic N) is 2. The van der Waals surface area contributed by atoms with E-state index >= 15 is 0 Å². The van der Waals surface area contributed by atoms with Gasteiger partial charge in [-0.1, -0.05) is 42.1 Å². The molecular weight excluding hydrogens is 552 g/mol. The number of aliphatic imine (C=N–C) groups is 1. The number of nitrogens with one attached hydrogen (secondary N) is 1. The van der Waals surface area contributed by atoms with Gasteiger partial charge in [-0.05, 0) is 83.1 Å². The molecule has 168 valence electrons. The molecule has 4 rings (SSSR count). The Labute approximate surface area is 209 Å². The van der Waals surface area contributed by atoms with E-state index in [9.17, 15) is 14.0 Å². The van der Waals surface area contributed by atoms with Crippen LogP contribution in [0.3, 0.4) is 0 Å². The Morgan fingerprint density at radius 3 is 2.45 bits per heavy atom. The van der Waals surface area contributed by atoms with Crippen molar-refractivity contribution in [2.24, 2.45) is 4.99 Å². The fourth-order valence-electron chi connectivity index (χ4n) is 3.33. The maximum absolute atomic E-state index is 13.3. The minimum absolute atomic E-state index is 0.0814. The Morgan fingerprint density at radius 2 is 1.76 bits per heavy atom. The van der Waals surface area contributed by atoms with Crippen molar-refractivity contribution in [2.45, 2.75) is 18.1 Å². The predicted molar refractivity (Wildman–Crippen MR) is 139 cm³/mol. The lowest BCUT2D eigenvalue weighted by Gasteiger charge is -2.32. The zero-order valence-corrected chi connectivity index (χ0v) is 20.6. The average molecular weight is 573 g/mol. The molecule has 1 heterocycles. The zero-order chi connectivity index (χ0) is 23.2. The molecule has 0 unspecified atom stereocenters. The van der Waals surface area contributed by atoms with Crippen molar-refractivity contribution in [2.75, 3.05) is 11.9 Å². The third-order valence-corrected chi connectivity index (χ3v) is 6.97. The van der Waals surface area contributed by atoms with Gasteiger partial charge in [-0.2, -0.15) is 0 Å². The van der Waals surface area contributed by atoms with Crippen molar-refractivity contribution in [3.8, 4) is 0 Å². The molecule has 0 aromatic heterocycles. The molecule has 5 nitrogen and oxygen atoms in total. The normalized spacial score (nSPS) is 17.3. The molecule has 0 radical (unpaired) electrons. The maximum Gasteiger partial charge on any atom is 0.238 e. The van der Waals surface area contributed by atoms with E-state index in [0.29, 0.717) is 29.5 Å². The summed E-state index contributed by atoms with van der Waals surface area (Å²) in [5.41, 5.74) is 2.31. The average Bonchev–Trinajstić information content (AvgIpc) is 2.82. The van der Waals surface area contributed by atoms with Crippen LogP contribution in [-0.2, 0) is 16.0 Å². The smallest absolute Gasteiger partial charge is 0.238 e. The number of carbonyl (C=O) groups is 2. The second-order valence-electron chi connectivity index (χ2n) is 7.46. The summed E-state index contributed by atoms with van der Waals surface area (Å²) >= 11 is 3.45. The number of benzene rings is 3. The first kappa shape index (κ1) is 23.4. The fraction of sp³-hybridized carbons (Fsp3) is 0.160. The summed E-state index contributed by atoms with van der Waals surface area (Å²) < 4.78 is 14.4. The first-order valence-corrected chi connectivity index (χ1v) is 12.4. The van der Waals surface area contributed by atoms with Crippen LogP contribution >= 0.6 is 34.4 Å². The van der Waals surface area contributed by atoms with Gasteiger partial charge in [0.05, 0.1) is 5.69 Å². The van der Waals surface area contributed by atoms with Crippen molar-refractivity contribution in [1.29, 1.82) is 0 Å². The van der Waals surface area contributed by atoms with E-state index in [2.05, 4.69) is 32.9 Å². The van der Waals surface area contributed by atoms with Crippen molar-refractivity contribution >= 4 is 62.7 Å². The summed E-state index contributed by atoms with van der Waals surface area (Å²) in [5, 5.41) is 2.72. The van der Waals surface area contributed by atoms with E-state index in [1.807, 2.05) is 54.6 Å². The highest BCUT2D eigenvalue weighted by atomic mass is 127. The molecule has 1 aliphatic rings. The predicted octanol–water partition coefficient (Wildman–Crippen LogP) is 5.63. The molecule has 1 aliphatic heterocycles. The molecule has 1 N–H and O–H groups in total. The highest BCUT2D eigenvalue weighted by molar-refractivity contribution is 14.1. The minimum atomic E-state index is -0.607. The number of carbonyl (C=O) groups excluding carboxylic acids is 2. The van der Waals surface area contributed by atoms with E-state index in [-0.39, 0.29) is 24.1 Å². The van der Waals surface area contributed by atoms with Gasteiger partial charge in [-0.25, -0.2) is 9.38 Å². The van der Waals surface area contributed by atoms with Crippen LogP contribution in [0.15, 0.2) is 83.9 Å². The van der Waals surface area contributed by atoms with Crippen molar-refractivity contribution in [3.63, 3.8) is 0 Å². The van der Waals surface area contributed by atoms with Crippen LogP contribution < -0.4 is 5.32 Å². The summed E-state index contributed by atoms with van der Waals surface area (Å²) in [6.45, 7) is 0.446. The van der Waals surface area contributed by atoms with Crippen LogP contribution in [0.25, 0.3) is 0 Å². The van der Waals surface area contributed by atoms with Crippen LogP contribution in [0.4, 0.5) is 15.8 Å². The first-order chi connectivity index (χ1) is 16.0. The number of hydrogen-bond donors (Lipinski definition) is 1. The molecule has 33 heavy (non-hydrogen) atoms. The third kappa shape index (κ3) is 6.42. The number of halogens is 2. The fourth-order valence-corrected chi connectivity index (χ4v) is 4.81. The van der Waals surface area contributed by atoms with Gasteiger partial charge in [0.25, 0.3) is 0 Å². The lowest BCUT2D eigenvalue weighted by molar-refractivity contribution is -0.129.